The summed E-state index contributed by atoms with van der Waals surface area (Å²) in [6.07, 6.45) is 0.534. The van der Waals surface area contributed by atoms with Gasteiger partial charge in [0.25, 0.3) is 0 Å². The number of aliphatic hydroxyl groups excluding tert-OH is 1. The number of likely N-dealkylation sites (tertiary alicyclic amines) is 1. The van der Waals surface area contributed by atoms with Crippen LogP contribution in [-0.2, 0) is 25.7 Å². The summed E-state index contributed by atoms with van der Waals surface area (Å²) in [5, 5.41) is 11.6. The fourth-order valence-corrected chi connectivity index (χ4v) is 2.65. The smallest absolute Gasteiger partial charge is 0.410 e. The summed E-state index contributed by atoms with van der Waals surface area (Å²) in [5.74, 6) is -1.26. The molecule has 8 nitrogen and oxygen atoms in total. The lowest BCUT2D eigenvalue weighted by Gasteiger charge is -2.24. The third kappa shape index (κ3) is 4.93. The molecule has 2 rings (SSSR count). The molecule has 1 saturated heterocycles. The van der Waals surface area contributed by atoms with Crippen molar-refractivity contribution < 1.29 is 29.0 Å². The predicted molar refractivity (Wildman–Crippen MR) is 87.4 cm³/mol. The molecule has 1 fully saturated rings. The summed E-state index contributed by atoms with van der Waals surface area (Å²) in [6, 6.07) is 7.34. The van der Waals surface area contributed by atoms with Gasteiger partial charge in [-0.25, -0.2) is 9.59 Å². The van der Waals surface area contributed by atoms with Gasteiger partial charge in [-0.2, -0.15) is 0 Å². The molecule has 0 saturated carbocycles. The molecular formula is C17H22N2O6. The van der Waals surface area contributed by atoms with Gasteiger partial charge >= 0.3 is 12.1 Å². The summed E-state index contributed by atoms with van der Waals surface area (Å²) < 4.78 is 9.77. The number of methoxy groups -OCH3 is 1. The molecule has 0 radical (unpaired) electrons. The molecule has 1 heterocycles. The number of carbonyl (C=O) groups is 3. The topological polar surface area (TPSA) is 105 Å². The lowest BCUT2D eigenvalue weighted by molar-refractivity contribution is -0.146. The van der Waals surface area contributed by atoms with E-state index >= 15 is 0 Å². The van der Waals surface area contributed by atoms with Gasteiger partial charge in [0.2, 0.25) is 5.91 Å². The predicted octanol–water partition coefficient (Wildman–Crippen LogP) is 0.438. The number of nitrogens with zero attached hydrogens (tertiary/aromatic N) is 1. The Morgan fingerprint density at radius 2 is 2.04 bits per heavy atom. The van der Waals surface area contributed by atoms with E-state index in [9.17, 15) is 19.5 Å². The van der Waals surface area contributed by atoms with Crippen molar-refractivity contribution in [3.8, 4) is 0 Å². The van der Waals surface area contributed by atoms with Gasteiger partial charge in [-0.15, -0.1) is 0 Å². The lowest BCUT2D eigenvalue weighted by atomic mass is 10.2. The molecule has 2 N–H and O–H groups in total. The molecule has 25 heavy (non-hydrogen) atoms. The largest absolute Gasteiger partial charge is 0.467 e. The Hall–Kier alpha value is -2.61. The molecule has 0 aliphatic carbocycles. The first-order chi connectivity index (χ1) is 12.1. The maximum absolute atomic E-state index is 12.3. The minimum absolute atomic E-state index is 0.117. The fourth-order valence-electron chi connectivity index (χ4n) is 2.65. The highest BCUT2D eigenvalue weighted by atomic mass is 16.6. The van der Waals surface area contributed by atoms with Crippen LogP contribution in [-0.4, -0.2) is 60.3 Å². The van der Waals surface area contributed by atoms with Crippen LogP contribution in [0.1, 0.15) is 18.4 Å². The van der Waals surface area contributed by atoms with Gasteiger partial charge < -0.3 is 19.9 Å². The third-order valence-corrected chi connectivity index (χ3v) is 3.98. The number of hydrogen-bond acceptors (Lipinski definition) is 6. The average Bonchev–Trinajstić information content (AvgIpc) is 3.14. The monoisotopic (exact) mass is 350 g/mol. The first-order valence-corrected chi connectivity index (χ1v) is 8.03. The van der Waals surface area contributed by atoms with Gasteiger partial charge in [0.05, 0.1) is 13.7 Å². The number of ether oxygens (including phenoxy) is 2. The van der Waals surface area contributed by atoms with Crippen molar-refractivity contribution in [1.82, 2.24) is 10.2 Å². The number of aliphatic hydroxyl groups is 1. The van der Waals surface area contributed by atoms with Crippen LogP contribution in [0.25, 0.3) is 0 Å². The number of rotatable bonds is 6. The van der Waals surface area contributed by atoms with E-state index in [0.717, 1.165) is 5.56 Å². The Labute approximate surface area is 145 Å². The van der Waals surface area contributed by atoms with Gasteiger partial charge in [0, 0.05) is 6.54 Å². The molecule has 1 aliphatic heterocycles. The summed E-state index contributed by atoms with van der Waals surface area (Å²) >= 11 is 0. The van der Waals surface area contributed by atoms with Crippen LogP contribution in [0.3, 0.4) is 0 Å². The molecule has 8 heteroatoms. The van der Waals surface area contributed by atoms with E-state index in [1.807, 2.05) is 30.3 Å². The zero-order valence-electron chi connectivity index (χ0n) is 14.0. The quantitative estimate of drug-likeness (QED) is 0.721. The van der Waals surface area contributed by atoms with E-state index in [-0.39, 0.29) is 6.61 Å². The van der Waals surface area contributed by atoms with Crippen molar-refractivity contribution in [2.24, 2.45) is 0 Å². The van der Waals surface area contributed by atoms with Crippen molar-refractivity contribution in [2.45, 2.75) is 31.5 Å². The molecule has 136 valence electrons. The van der Waals surface area contributed by atoms with E-state index in [2.05, 4.69) is 10.1 Å². The number of carbonyl (C=O) groups excluding carboxylic acids is 3. The van der Waals surface area contributed by atoms with E-state index < -0.39 is 36.7 Å². The first-order valence-electron chi connectivity index (χ1n) is 8.03. The standard InChI is InChI=1S/C17H22N2O6/c1-24-16(22)13(10-20)18-15(21)14-8-5-9-19(14)17(23)25-11-12-6-3-2-4-7-12/h2-4,6-7,13-14,20H,5,8-11H2,1H3,(H,18,21)/t13-,14?/m0/s1. The van der Waals surface area contributed by atoms with Gasteiger partial charge in [-0.05, 0) is 18.4 Å². The maximum atomic E-state index is 12.3. The van der Waals surface area contributed by atoms with Crippen LogP contribution in [0.5, 0.6) is 0 Å². The summed E-state index contributed by atoms with van der Waals surface area (Å²) in [6.45, 7) is -0.0662. The summed E-state index contributed by atoms with van der Waals surface area (Å²) in [5.41, 5.74) is 0.849. The van der Waals surface area contributed by atoms with Crippen LogP contribution >= 0.6 is 0 Å². The summed E-state index contributed by atoms with van der Waals surface area (Å²) in [7, 11) is 1.17. The molecule has 1 aromatic carbocycles. The van der Waals surface area contributed by atoms with E-state index in [0.29, 0.717) is 19.4 Å². The molecular weight excluding hydrogens is 328 g/mol. The zero-order chi connectivity index (χ0) is 18.2. The molecule has 0 aromatic heterocycles. The second-order valence-corrected chi connectivity index (χ2v) is 5.66. The number of amides is 2. The second kappa shape index (κ2) is 9.03. The van der Waals surface area contributed by atoms with E-state index in [4.69, 9.17) is 4.74 Å². The van der Waals surface area contributed by atoms with Crippen molar-refractivity contribution in [3.63, 3.8) is 0 Å². The molecule has 0 spiro atoms. The summed E-state index contributed by atoms with van der Waals surface area (Å²) in [4.78, 5) is 37.4. The van der Waals surface area contributed by atoms with E-state index in [1.165, 1.54) is 12.0 Å². The number of esters is 1. The highest BCUT2D eigenvalue weighted by Crippen LogP contribution is 2.19. The molecule has 2 amide bonds. The number of benzene rings is 1. The van der Waals surface area contributed by atoms with Crippen molar-refractivity contribution in [3.05, 3.63) is 35.9 Å². The first kappa shape index (κ1) is 18.7. The van der Waals surface area contributed by atoms with Crippen molar-refractivity contribution in [2.75, 3.05) is 20.3 Å². The van der Waals surface area contributed by atoms with Crippen molar-refractivity contribution >= 4 is 18.0 Å². The lowest BCUT2D eigenvalue weighted by Crippen LogP contribution is -2.52. The Balaban J connectivity index is 1.93. The Kier molecular flexibility index (Phi) is 6.76. The molecule has 1 aromatic rings. The second-order valence-electron chi connectivity index (χ2n) is 5.66. The Bertz CT molecular complexity index is 606. The highest BCUT2D eigenvalue weighted by Gasteiger charge is 2.36. The minimum atomic E-state index is -1.15. The number of nitrogens with one attached hydrogen (secondary N) is 1. The molecule has 1 aliphatic rings. The van der Waals surface area contributed by atoms with Crippen LogP contribution in [0, 0.1) is 0 Å². The zero-order valence-corrected chi connectivity index (χ0v) is 14.0. The van der Waals surface area contributed by atoms with Gasteiger partial charge in [0.15, 0.2) is 6.04 Å². The SMILES string of the molecule is COC(=O)[C@H](CO)NC(=O)C1CCCN1C(=O)OCc1ccccc1. The van der Waals surface area contributed by atoms with Gasteiger partial charge in [0.1, 0.15) is 12.6 Å². The number of hydrogen-bond donors (Lipinski definition) is 2. The normalized spacial score (nSPS) is 17.7. The fraction of sp³-hybridized carbons (Fsp3) is 0.471. The Morgan fingerprint density at radius 1 is 1.32 bits per heavy atom. The maximum Gasteiger partial charge on any atom is 0.410 e. The van der Waals surface area contributed by atoms with Crippen LogP contribution < -0.4 is 5.32 Å². The average molecular weight is 350 g/mol. The molecule has 2 atom stereocenters. The minimum Gasteiger partial charge on any atom is -0.467 e. The van der Waals surface area contributed by atoms with Crippen LogP contribution in [0.15, 0.2) is 30.3 Å². The van der Waals surface area contributed by atoms with Crippen molar-refractivity contribution in [1.29, 1.82) is 0 Å². The molecule has 1 unspecified atom stereocenters. The third-order valence-electron chi connectivity index (χ3n) is 3.98. The highest BCUT2D eigenvalue weighted by molar-refractivity contribution is 5.90. The van der Waals surface area contributed by atoms with E-state index in [1.54, 1.807) is 0 Å². The molecule has 0 bridgehead atoms. The van der Waals surface area contributed by atoms with Crippen LogP contribution in [0.2, 0.25) is 0 Å². The van der Waals surface area contributed by atoms with Gasteiger partial charge in [-0.3, -0.25) is 9.69 Å². The van der Waals surface area contributed by atoms with Gasteiger partial charge in [-0.1, -0.05) is 30.3 Å². The Morgan fingerprint density at radius 3 is 2.68 bits per heavy atom. The van der Waals surface area contributed by atoms with Crippen LogP contribution in [0.4, 0.5) is 4.79 Å².